The van der Waals surface area contributed by atoms with Gasteiger partial charge in [0.05, 0.1) is 29.9 Å². The lowest BCUT2D eigenvalue weighted by atomic mass is 9.99. The standard InChI is InChI=1S/C35H38N2O7/c38-22-24-8-10-25(11-9-24)31-19-28(21-37-16-4-2-1-3-5-17-37)42-35(43-31)26-12-6-23(7-13-26)20-36-32(39)27-14-15-29-30(18-27)34(41)44-33(29)40/h6-15,18,28,31,35,38H,1-5,16-17,19-22H2,(H,36,39)/t28-,31+,35?/m0/s1. The summed E-state index contributed by atoms with van der Waals surface area (Å²) in [6.45, 7) is 3.34. The van der Waals surface area contributed by atoms with Crippen molar-refractivity contribution < 1.29 is 33.7 Å². The molecule has 2 fully saturated rings. The Bertz CT molecular complexity index is 1480. The van der Waals surface area contributed by atoms with Gasteiger partial charge >= 0.3 is 11.9 Å². The van der Waals surface area contributed by atoms with Gasteiger partial charge in [-0.05, 0) is 60.8 Å². The molecular formula is C35H38N2O7. The Morgan fingerprint density at radius 1 is 0.795 bits per heavy atom. The maximum atomic E-state index is 12.8. The topological polar surface area (TPSA) is 114 Å². The minimum absolute atomic E-state index is 0.00485. The smallest absolute Gasteiger partial charge is 0.346 e. The van der Waals surface area contributed by atoms with E-state index >= 15 is 0 Å². The van der Waals surface area contributed by atoms with E-state index in [-0.39, 0.29) is 48.0 Å². The lowest BCUT2D eigenvalue weighted by Gasteiger charge is -2.38. The summed E-state index contributed by atoms with van der Waals surface area (Å²) in [5.41, 5.74) is 4.27. The molecule has 0 radical (unpaired) electrons. The van der Waals surface area contributed by atoms with Gasteiger partial charge in [-0.1, -0.05) is 67.8 Å². The van der Waals surface area contributed by atoms with Gasteiger partial charge in [-0.15, -0.1) is 0 Å². The van der Waals surface area contributed by atoms with Gasteiger partial charge in [0.1, 0.15) is 0 Å². The molecule has 9 nitrogen and oxygen atoms in total. The van der Waals surface area contributed by atoms with Crippen LogP contribution in [0, 0.1) is 0 Å². The molecule has 230 valence electrons. The fourth-order valence-electron chi connectivity index (χ4n) is 6.12. The summed E-state index contributed by atoms with van der Waals surface area (Å²) in [5.74, 6) is -1.79. The van der Waals surface area contributed by atoms with Gasteiger partial charge in [0, 0.05) is 30.6 Å². The van der Waals surface area contributed by atoms with Crippen LogP contribution in [-0.2, 0) is 27.4 Å². The first-order valence-corrected chi connectivity index (χ1v) is 15.5. The number of nitrogens with zero attached hydrogens (tertiary/aromatic N) is 1. The number of aliphatic hydroxyl groups is 1. The van der Waals surface area contributed by atoms with Crippen LogP contribution in [0.25, 0.3) is 0 Å². The molecule has 0 spiro atoms. The summed E-state index contributed by atoms with van der Waals surface area (Å²) in [5, 5.41) is 12.4. The zero-order valence-electron chi connectivity index (χ0n) is 24.7. The number of likely N-dealkylation sites (tertiary alicyclic amines) is 1. The highest BCUT2D eigenvalue weighted by Crippen LogP contribution is 2.38. The number of cyclic esters (lactones) is 2. The second kappa shape index (κ2) is 13.8. The molecule has 3 atom stereocenters. The first-order valence-electron chi connectivity index (χ1n) is 15.5. The number of carbonyl (C=O) groups is 3. The molecule has 3 aliphatic heterocycles. The summed E-state index contributed by atoms with van der Waals surface area (Å²) >= 11 is 0. The number of benzene rings is 3. The van der Waals surface area contributed by atoms with Crippen LogP contribution in [0.2, 0.25) is 0 Å². The summed E-state index contributed by atoms with van der Waals surface area (Å²) < 4.78 is 17.7. The third-order valence-corrected chi connectivity index (χ3v) is 8.64. The molecule has 3 aromatic rings. The largest absolute Gasteiger partial charge is 0.392 e. The number of amides is 1. The Morgan fingerprint density at radius 3 is 2.18 bits per heavy atom. The predicted octanol–water partition coefficient (Wildman–Crippen LogP) is 5.23. The Hall–Kier alpha value is -3.89. The van der Waals surface area contributed by atoms with Gasteiger partial charge < -0.3 is 29.5 Å². The van der Waals surface area contributed by atoms with Crippen LogP contribution in [0.5, 0.6) is 0 Å². The highest BCUT2D eigenvalue weighted by Gasteiger charge is 2.33. The van der Waals surface area contributed by atoms with Gasteiger partial charge in [0.15, 0.2) is 6.29 Å². The number of fused-ring (bicyclic) bond motifs is 1. The van der Waals surface area contributed by atoms with Gasteiger partial charge in [0.2, 0.25) is 0 Å². The number of aliphatic hydroxyl groups excluding tert-OH is 1. The zero-order chi connectivity index (χ0) is 30.5. The Labute approximate surface area is 257 Å². The lowest BCUT2D eigenvalue weighted by Crippen LogP contribution is -2.40. The number of esters is 2. The Balaban J connectivity index is 1.12. The minimum atomic E-state index is -0.740. The average Bonchev–Trinajstić information content (AvgIpc) is 3.33. The second-order valence-corrected chi connectivity index (χ2v) is 11.8. The number of hydrogen-bond acceptors (Lipinski definition) is 8. The van der Waals surface area contributed by atoms with Crippen molar-refractivity contribution in [2.75, 3.05) is 19.6 Å². The SMILES string of the molecule is O=C(NCc1ccc(C2O[C@H](CN3CCCCCCC3)C[C@H](c3ccc(CO)cc3)O2)cc1)c1ccc2c(c1)C(=O)OC2=O. The van der Waals surface area contributed by atoms with E-state index in [1.165, 1.54) is 50.3 Å². The average molecular weight is 599 g/mol. The molecule has 6 rings (SSSR count). The molecule has 1 amide bonds. The van der Waals surface area contributed by atoms with E-state index in [0.717, 1.165) is 48.3 Å². The summed E-state index contributed by atoms with van der Waals surface area (Å²) in [6, 6.07) is 20.1. The quantitative estimate of drug-likeness (QED) is 0.268. The maximum absolute atomic E-state index is 12.8. The second-order valence-electron chi connectivity index (χ2n) is 11.8. The molecule has 0 aromatic heterocycles. The molecule has 2 saturated heterocycles. The molecular weight excluding hydrogens is 560 g/mol. The summed E-state index contributed by atoms with van der Waals surface area (Å²) in [4.78, 5) is 38.8. The van der Waals surface area contributed by atoms with Crippen molar-refractivity contribution in [2.24, 2.45) is 0 Å². The van der Waals surface area contributed by atoms with Gasteiger partial charge in [-0.3, -0.25) is 4.79 Å². The van der Waals surface area contributed by atoms with Crippen molar-refractivity contribution in [3.05, 3.63) is 106 Å². The zero-order valence-corrected chi connectivity index (χ0v) is 24.7. The first kappa shape index (κ1) is 30.1. The fraction of sp³-hybridized carbons (Fsp3) is 0.400. The number of nitrogens with one attached hydrogen (secondary N) is 1. The van der Waals surface area contributed by atoms with Gasteiger partial charge in [-0.2, -0.15) is 0 Å². The monoisotopic (exact) mass is 598 g/mol. The first-order chi connectivity index (χ1) is 21.5. The molecule has 0 bridgehead atoms. The summed E-state index contributed by atoms with van der Waals surface area (Å²) in [6.07, 6.45) is 6.40. The molecule has 2 N–H and O–H groups in total. The highest BCUT2D eigenvalue weighted by atomic mass is 16.7. The van der Waals surface area contributed by atoms with Crippen LogP contribution in [0.1, 0.15) is 104 Å². The van der Waals surface area contributed by atoms with Crippen molar-refractivity contribution >= 4 is 17.8 Å². The third-order valence-electron chi connectivity index (χ3n) is 8.64. The molecule has 1 unspecified atom stereocenters. The van der Waals surface area contributed by atoms with E-state index in [4.69, 9.17) is 9.47 Å². The van der Waals surface area contributed by atoms with E-state index in [0.29, 0.717) is 0 Å². The van der Waals surface area contributed by atoms with E-state index < -0.39 is 18.2 Å². The van der Waals surface area contributed by atoms with E-state index in [1.54, 1.807) is 0 Å². The van der Waals surface area contributed by atoms with E-state index in [9.17, 15) is 19.5 Å². The number of hydrogen-bond donors (Lipinski definition) is 2. The Kier molecular flexibility index (Phi) is 9.47. The Morgan fingerprint density at radius 2 is 1.45 bits per heavy atom. The van der Waals surface area contributed by atoms with Crippen LogP contribution in [0.15, 0.2) is 66.7 Å². The molecule has 9 heteroatoms. The minimum Gasteiger partial charge on any atom is -0.392 e. The van der Waals surface area contributed by atoms with Crippen LogP contribution < -0.4 is 5.32 Å². The number of rotatable bonds is 8. The molecule has 3 heterocycles. The molecule has 3 aromatic carbocycles. The number of carbonyl (C=O) groups excluding carboxylic acids is 3. The van der Waals surface area contributed by atoms with Crippen LogP contribution in [0.4, 0.5) is 0 Å². The van der Waals surface area contributed by atoms with Crippen LogP contribution in [0.3, 0.4) is 0 Å². The summed E-state index contributed by atoms with van der Waals surface area (Å²) in [7, 11) is 0. The lowest BCUT2D eigenvalue weighted by molar-refractivity contribution is -0.253. The van der Waals surface area contributed by atoms with Crippen molar-refractivity contribution in [3.8, 4) is 0 Å². The normalized spacial score (nSPS) is 22.5. The maximum Gasteiger partial charge on any atom is 0.346 e. The third kappa shape index (κ3) is 7.08. The van der Waals surface area contributed by atoms with Gasteiger partial charge in [-0.25, -0.2) is 9.59 Å². The molecule has 0 aliphatic carbocycles. The van der Waals surface area contributed by atoms with Crippen LogP contribution >= 0.6 is 0 Å². The molecule has 3 aliphatic rings. The molecule has 44 heavy (non-hydrogen) atoms. The van der Waals surface area contributed by atoms with E-state index in [1.807, 2.05) is 48.5 Å². The van der Waals surface area contributed by atoms with Crippen molar-refractivity contribution in [2.45, 2.75) is 70.2 Å². The molecule has 0 saturated carbocycles. The van der Waals surface area contributed by atoms with E-state index in [2.05, 4.69) is 15.0 Å². The van der Waals surface area contributed by atoms with Crippen molar-refractivity contribution in [3.63, 3.8) is 0 Å². The number of ether oxygens (including phenoxy) is 3. The van der Waals surface area contributed by atoms with Crippen molar-refractivity contribution in [1.82, 2.24) is 10.2 Å². The van der Waals surface area contributed by atoms with Gasteiger partial charge in [0.25, 0.3) is 5.91 Å². The predicted molar refractivity (Wildman–Crippen MR) is 162 cm³/mol. The fourth-order valence-corrected chi connectivity index (χ4v) is 6.12. The highest BCUT2D eigenvalue weighted by molar-refractivity contribution is 6.15. The van der Waals surface area contributed by atoms with Crippen LogP contribution in [-0.4, -0.2) is 53.6 Å². The van der Waals surface area contributed by atoms with Crippen molar-refractivity contribution in [1.29, 1.82) is 0 Å².